The average molecular weight is 380 g/mol. The van der Waals surface area contributed by atoms with E-state index in [1.165, 1.54) is 13.2 Å². The van der Waals surface area contributed by atoms with E-state index in [0.717, 1.165) is 16.9 Å². The first kappa shape index (κ1) is 19.4. The monoisotopic (exact) mass is 380 g/mol. The van der Waals surface area contributed by atoms with E-state index < -0.39 is 5.82 Å². The molecule has 28 heavy (non-hydrogen) atoms. The number of halogens is 1. The molecule has 0 atom stereocenters. The molecular weight excluding hydrogens is 359 g/mol. The van der Waals surface area contributed by atoms with Gasteiger partial charge in [0, 0.05) is 36.4 Å². The maximum Gasteiger partial charge on any atom is 0.338 e. The first-order chi connectivity index (χ1) is 13.6. The molecule has 0 aliphatic rings. The quantitative estimate of drug-likeness (QED) is 0.554. The van der Waals surface area contributed by atoms with Crippen LogP contribution in [0.2, 0.25) is 0 Å². The Balaban J connectivity index is 2.04. The molecule has 0 aliphatic heterocycles. The van der Waals surface area contributed by atoms with Crippen molar-refractivity contribution in [2.45, 2.75) is 13.5 Å². The number of esters is 1. The number of ether oxygens (including phenoxy) is 2. The lowest BCUT2D eigenvalue weighted by Crippen LogP contribution is -2.17. The summed E-state index contributed by atoms with van der Waals surface area (Å²) in [5.74, 6) is -0.668. The van der Waals surface area contributed by atoms with E-state index in [-0.39, 0.29) is 11.7 Å². The fourth-order valence-electron chi connectivity index (χ4n) is 2.83. The molecule has 2 aromatic carbocycles. The van der Waals surface area contributed by atoms with Crippen LogP contribution in [0.25, 0.3) is 0 Å². The van der Waals surface area contributed by atoms with Crippen LogP contribution in [0.4, 0.5) is 15.8 Å². The number of hydrogen-bond donors (Lipinski definition) is 0. The van der Waals surface area contributed by atoms with Crippen molar-refractivity contribution in [1.29, 1.82) is 0 Å². The summed E-state index contributed by atoms with van der Waals surface area (Å²) >= 11 is 0. The number of aromatic nitrogens is 1. The Kier molecular flexibility index (Phi) is 6.22. The number of anilines is 2. The lowest BCUT2D eigenvalue weighted by molar-refractivity contribution is 0.0526. The first-order valence-electron chi connectivity index (χ1n) is 8.89. The second kappa shape index (κ2) is 8.99. The van der Waals surface area contributed by atoms with E-state index in [4.69, 9.17) is 9.47 Å². The normalized spacial score (nSPS) is 10.4. The molecule has 0 radical (unpaired) electrons. The van der Waals surface area contributed by atoms with Crippen molar-refractivity contribution in [3.63, 3.8) is 0 Å². The van der Waals surface area contributed by atoms with Gasteiger partial charge >= 0.3 is 5.97 Å². The average Bonchev–Trinajstić information content (AvgIpc) is 2.73. The van der Waals surface area contributed by atoms with Crippen LogP contribution in [0.5, 0.6) is 5.75 Å². The molecule has 3 rings (SSSR count). The minimum Gasteiger partial charge on any atom is -0.494 e. The van der Waals surface area contributed by atoms with Gasteiger partial charge in [-0.2, -0.15) is 0 Å². The van der Waals surface area contributed by atoms with Crippen molar-refractivity contribution in [3.05, 3.63) is 83.9 Å². The largest absolute Gasteiger partial charge is 0.494 e. The number of benzene rings is 2. The van der Waals surface area contributed by atoms with Crippen LogP contribution in [0.15, 0.2) is 67.0 Å². The molecule has 1 aromatic heterocycles. The van der Waals surface area contributed by atoms with Crippen molar-refractivity contribution in [2.75, 3.05) is 18.6 Å². The molecule has 6 heteroatoms. The smallest absolute Gasteiger partial charge is 0.338 e. The number of carbonyl (C=O) groups excluding carboxylic acids is 1. The molecule has 0 bridgehead atoms. The summed E-state index contributed by atoms with van der Waals surface area (Å²) in [6, 6.07) is 15.6. The minimum absolute atomic E-state index is 0.152. The lowest BCUT2D eigenvalue weighted by Gasteiger charge is -2.26. The van der Waals surface area contributed by atoms with Gasteiger partial charge in [0.25, 0.3) is 0 Å². The molecule has 5 nitrogen and oxygen atoms in total. The van der Waals surface area contributed by atoms with E-state index in [1.807, 2.05) is 23.1 Å². The standard InChI is InChI=1S/C22H21FN2O3/c1-3-28-22(26)17-5-4-6-18(13-17)25(15-16-9-11-24-12-10-16)19-7-8-20(23)21(14-19)27-2/h4-14H,3,15H2,1-2H3. The zero-order valence-corrected chi connectivity index (χ0v) is 15.8. The second-order valence-corrected chi connectivity index (χ2v) is 6.03. The number of rotatable bonds is 7. The van der Waals surface area contributed by atoms with E-state index >= 15 is 0 Å². The van der Waals surface area contributed by atoms with Gasteiger partial charge in [-0.15, -0.1) is 0 Å². The molecule has 0 unspecified atom stereocenters. The molecular formula is C22H21FN2O3. The van der Waals surface area contributed by atoms with Crippen LogP contribution >= 0.6 is 0 Å². The molecule has 0 spiro atoms. The molecule has 0 saturated heterocycles. The Morgan fingerprint density at radius 2 is 1.82 bits per heavy atom. The van der Waals surface area contributed by atoms with Crippen molar-refractivity contribution in [3.8, 4) is 5.75 Å². The molecule has 0 amide bonds. The van der Waals surface area contributed by atoms with Gasteiger partial charge in [0.2, 0.25) is 0 Å². The highest BCUT2D eigenvalue weighted by Crippen LogP contribution is 2.32. The predicted molar refractivity (Wildman–Crippen MR) is 105 cm³/mol. The van der Waals surface area contributed by atoms with Crippen molar-refractivity contribution >= 4 is 17.3 Å². The number of nitrogens with zero attached hydrogens (tertiary/aromatic N) is 2. The topological polar surface area (TPSA) is 51.7 Å². The van der Waals surface area contributed by atoms with Crippen molar-refractivity contribution < 1.29 is 18.7 Å². The Morgan fingerprint density at radius 3 is 2.54 bits per heavy atom. The fourth-order valence-corrected chi connectivity index (χ4v) is 2.83. The third kappa shape index (κ3) is 4.46. The second-order valence-electron chi connectivity index (χ2n) is 6.03. The molecule has 0 fully saturated rings. The third-order valence-corrected chi connectivity index (χ3v) is 4.21. The van der Waals surface area contributed by atoms with E-state index in [9.17, 15) is 9.18 Å². The Morgan fingerprint density at radius 1 is 1.07 bits per heavy atom. The molecule has 3 aromatic rings. The van der Waals surface area contributed by atoms with Gasteiger partial charge in [-0.25, -0.2) is 9.18 Å². The first-order valence-corrected chi connectivity index (χ1v) is 8.89. The highest BCUT2D eigenvalue weighted by molar-refractivity contribution is 5.91. The van der Waals surface area contributed by atoms with Gasteiger partial charge in [-0.1, -0.05) is 6.07 Å². The number of methoxy groups -OCH3 is 1. The molecule has 0 N–H and O–H groups in total. The third-order valence-electron chi connectivity index (χ3n) is 4.21. The van der Waals surface area contributed by atoms with Gasteiger partial charge in [0.15, 0.2) is 11.6 Å². The summed E-state index contributed by atoms with van der Waals surface area (Å²) in [7, 11) is 1.43. The van der Waals surface area contributed by atoms with Gasteiger partial charge in [0.1, 0.15) is 0 Å². The highest BCUT2D eigenvalue weighted by atomic mass is 19.1. The summed E-state index contributed by atoms with van der Waals surface area (Å²) in [5.41, 5.74) is 2.97. The fraction of sp³-hybridized carbons (Fsp3) is 0.182. The summed E-state index contributed by atoms with van der Waals surface area (Å²) in [5, 5.41) is 0. The van der Waals surface area contributed by atoms with E-state index in [0.29, 0.717) is 18.7 Å². The Labute approximate surface area is 163 Å². The van der Waals surface area contributed by atoms with Crippen molar-refractivity contribution in [2.24, 2.45) is 0 Å². The summed E-state index contributed by atoms with van der Waals surface area (Å²) < 4.78 is 24.1. The molecule has 0 saturated carbocycles. The minimum atomic E-state index is -0.435. The zero-order chi connectivity index (χ0) is 19.9. The highest BCUT2D eigenvalue weighted by Gasteiger charge is 2.15. The van der Waals surface area contributed by atoms with Gasteiger partial charge in [-0.3, -0.25) is 4.98 Å². The van der Waals surface area contributed by atoms with E-state index in [1.54, 1.807) is 49.6 Å². The van der Waals surface area contributed by atoms with E-state index in [2.05, 4.69) is 4.98 Å². The summed E-state index contributed by atoms with van der Waals surface area (Å²) in [4.78, 5) is 18.2. The van der Waals surface area contributed by atoms with Crippen LogP contribution in [0.1, 0.15) is 22.8 Å². The van der Waals surface area contributed by atoms with Crippen LogP contribution < -0.4 is 9.64 Å². The number of carbonyl (C=O) groups is 1. The number of pyridine rings is 1. The van der Waals surface area contributed by atoms with Crippen LogP contribution in [0, 0.1) is 5.82 Å². The van der Waals surface area contributed by atoms with Gasteiger partial charge in [0.05, 0.1) is 19.3 Å². The van der Waals surface area contributed by atoms with Gasteiger partial charge in [-0.05, 0) is 55.0 Å². The molecule has 144 valence electrons. The maximum atomic E-state index is 13.9. The van der Waals surface area contributed by atoms with Crippen LogP contribution in [0.3, 0.4) is 0 Å². The Hall–Kier alpha value is -3.41. The predicted octanol–water partition coefficient (Wildman–Crippen LogP) is 4.74. The van der Waals surface area contributed by atoms with Crippen LogP contribution in [-0.4, -0.2) is 24.7 Å². The summed E-state index contributed by atoms with van der Waals surface area (Å²) in [6.07, 6.45) is 3.43. The zero-order valence-electron chi connectivity index (χ0n) is 15.8. The lowest BCUT2D eigenvalue weighted by atomic mass is 10.1. The van der Waals surface area contributed by atoms with Crippen molar-refractivity contribution in [1.82, 2.24) is 4.98 Å². The number of hydrogen-bond acceptors (Lipinski definition) is 5. The molecule has 0 aliphatic carbocycles. The summed E-state index contributed by atoms with van der Waals surface area (Å²) in [6.45, 7) is 2.57. The Bertz CT molecular complexity index is 948. The van der Waals surface area contributed by atoms with Crippen LogP contribution in [-0.2, 0) is 11.3 Å². The molecule has 1 heterocycles. The SMILES string of the molecule is CCOC(=O)c1cccc(N(Cc2ccncc2)c2ccc(F)c(OC)c2)c1. The van der Waals surface area contributed by atoms with Gasteiger partial charge < -0.3 is 14.4 Å². The maximum absolute atomic E-state index is 13.9.